The Kier molecular flexibility index (Phi) is 6.06. The first-order chi connectivity index (χ1) is 11.1. The second-order valence-electron chi connectivity index (χ2n) is 4.79. The third kappa shape index (κ3) is 5.04. The minimum atomic E-state index is -0.172. The molecule has 5 heteroatoms. The van der Waals surface area contributed by atoms with Crippen LogP contribution >= 0.6 is 11.6 Å². The minimum Gasteiger partial charge on any atom is -0.493 e. The molecule has 4 nitrogen and oxygen atoms in total. The van der Waals surface area contributed by atoms with Crippen LogP contribution in [0.15, 0.2) is 48.5 Å². The highest BCUT2D eigenvalue weighted by Crippen LogP contribution is 2.27. The van der Waals surface area contributed by atoms with Crippen molar-refractivity contribution in [2.75, 3.05) is 14.2 Å². The van der Waals surface area contributed by atoms with Crippen molar-refractivity contribution in [3.8, 4) is 11.5 Å². The second-order valence-corrected chi connectivity index (χ2v) is 5.23. The molecular weight excluding hydrogens is 314 g/mol. The fourth-order valence-corrected chi connectivity index (χ4v) is 2.10. The molecule has 2 aromatic rings. The zero-order valence-corrected chi connectivity index (χ0v) is 13.8. The molecule has 23 heavy (non-hydrogen) atoms. The Morgan fingerprint density at radius 3 is 2.43 bits per heavy atom. The number of hydrogen-bond donors (Lipinski definition) is 1. The van der Waals surface area contributed by atoms with Gasteiger partial charge in [0, 0.05) is 17.6 Å². The number of hydrogen-bond acceptors (Lipinski definition) is 3. The highest BCUT2D eigenvalue weighted by Gasteiger charge is 2.03. The summed E-state index contributed by atoms with van der Waals surface area (Å²) in [5.41, 5.74) is 1.84. The van der Waals surface area contributed by atoms with Gasteiger partial charge in [-0.1, -0.05) is 29.8 Å². The maximum Gasteiger partial charge on any atom is 0.244 e. The zero-order valence-electron chi connectivity index (χ0n) is 13.0. The molecule has 0 unspecified atom stereocenters. The molecule has 1 N–H and O–H groups in total. The summed E-state index contributed by atoms with van der Waals surface area (Å²) in [6, 6.07) is 12.8. The van der Waals surface area contributed by atoms with Crippen LogP contribution in [-0.2, 0) is 11.3 Å². The summed E-state index contributed by atoms with van der Waals surface area (Å²) in [6.45, 7) is 0.451. The Morgan fingerprint density at radius 2 is 1.78 bits per heavy atom. The normalized spacial score (nSPS) is 10.6. The van der Waals surface area contributed by atoms with Crippen molar-refractivity contribution < 1.29 is 14.3 Å². The first-order valence-corrected chi connectivity index (χ1v) is 7.42. The summed E-state index contributed by atoms with van der Waals surface area (Å²) in [5, 5.41) is 3.49. The van der Waals surface area contributed by atoms with Crippen molar-refractivity contribution in [2.45, 2.75) is 6.54 Å². The van der Waals surface area contributed by atoms with E-state index in [1.54, 1.807) is 38.5 Å². The summed E-state index contributed by atoms with van der Waals surface area (Å²) < 4.78 is 10.4. The van der Waals surface area contributed by atoms with Crippen molar-refractivity contribution in [1.29, 1.82) is 0 Å². The highest BCUT2D eigenvalue weighted by molar-refractivity contribution is 6.30. The molecule has 0 atom stereocenters. The molecule has 0 fully saturated rings. The lowest BCUT2D eigenvalue weighted by Crippen LogP contribution is -2.20. The van der Waals surface area contributed by atoms with Gasteiger partial charge in [0.2, 0.25) is 5.91 Å². The van der Waals surface area contributed by atoms with Gasteiger partial charge in [-0.05, 0) is 41.5 Å². The van der Waals surface area contributed by atoms with Crippen molar-refractivity contribution in [2.24, 2.45) is 0 Å². The molecule has 0 aliphatic carbocycles. The van der Waals surface area contributed by atoms with Gasteiger partial charge in [0.25, 0.3) is 0 Å². The van der Waals surface area contributed by atoms with E-state index in [1.807, 2.05) is 24.3 Å². The quantitative estimate of drug-likeness (QED) is 0.821. The Balaban J connectivity index is 1.94. The fourth-order valence-electron chi connectivity index (χ4n) is 1.98. The van der Waals surface area contributed by atoms with Crippen LogP contribution in [-0.4, -0.2) is 20.1 Å². The van der Waals surface area contributed by atoms with Gasteiger partial charge < -0.3 is 14.8 Å². The smallest absolute Gasteiger partial charge is 0.244 e. The summed E-state index contributed by atoms with van der Waals surface area (Å²) in [5.74, 6) is 1.10. The van der Waals surface area contributed by atoms with Gasteiger partial charge in [0.15, 0.2) is 11.5 Å². The van der Waals surface area contributed by atoms with Crippen LogP contribution in [0.25, 0.3) is 6.08 Å². The Labute approximate surface area is 140 Å². The van der Waals surface area contributed by atoms with Crippen LogP contribution in [0.4, 0.5) is 0 Å². The van der Waals surface area contributed by atoms with Crippen molar-refractivity contribution in [3.63, 3.8) is 0 Å². The fraction of sp³-hybridized carbons (Fsp3) is 0.167. The summed E-state index contributed by atoms with van der Waals surface area (Å²) in [7, 11) is 3.15. The Bertz CT molecular complexity index is 696. The van der Waals surface area contributed by atoms with E-state index in [2.05, 4.69) is 5.32 Å². The third-order valence-corrected chi connectivity index (χ3v) is 3.47. The van der Waals surface area contributed by atoms with E-state index in [-0.39, 0.29) is 5.91 Å². The second kappa shape index (κ2) is 8.25. The number of methoxy groups -OCH3 is 2. The van der Waals surface area contributed by atoms with E-state index in [9.17, 15) is 4.79 Å². The van der Waals surface area contributed by atoms with Crippen LogP contribution in [0.1, 0.15) is 11.1 Å². The van der Waals surface area contributed by atoms with Gasteiger partial charge in [-0.2, -0.15) is 0 Å². The lowest BCUT2D eigenvalue weighted by Gasteiger charge is -2.07. The molecule has 2 aromatic carbocycles. The molecule has 0 spiro atoms. The Hall–Kier alpha value is -2.46. The molecule has 0 bridgehead atoms. The molecule has 0 saturated carbocycles. The zero-order chi connectivity index (χ0) is 16.7. The number of carbonyl (C=O) groups excluding carboxylic acids is 1. The van der Waals surface area contributed by atoms with E-state index in [0.29, 0.717) is 23.1 Å². The van der Waals surface area contributed by atoms with Crippen LogP contribution in [0.3, 0.4) is 0 Å². The first kappa shape index (κ1) is 16.9. The van der Waals surface area contributed by atoms with E-state index in [0.717, 1.165) is 11.1 Å². The van der Waals surface area contributed by atoms with E-state index >= 15 is 0 Å². The average Bonchev–Trinajstić information content (AvgIpc) is 2.59. The highest BCUT2D eigenvalue weighted by atomic mass is 35.5. The molecule has 1 amide bonds. The van der Waals surface area contributed by atoms with E-state index in [4.69, 9.17) is 21.1 Å². The number of rotatable bonds is 6. The molecule has 0 aliphatic rings. The maximum absolute atomic E-state index is 11.9. The number of ether oxygens (including phenoxy) is 2. The van der Waals surface area contributed by atoms with Crippen LogP contribution in [0.2, 0.25) is 5.02 Å². The van der Waals surface area contributed by atoms with Crippen LogP contribution in [0, 0.1) is 0 Å². The Morgan fingerprint density at radius 1 is 1.09 bits per heavy atom. The van der Waals surface area contributed by atoms with Gasteiger partial charge in [0.1, 0.15) is 0 Å². The number of benzene rings is 2. The monoisotopic (exact) mass is 331 g/mol. The molecule has 0 saturated heterocycles. The van der Waals surface area contributed by atoms with Gasteiger partial charge >= 0.3 is 0 Å². The summed E-state index contributed by atoms with van der Waals surface area (Å²) >= 11 is 5.82. The van der Waals surface area contributed by atoms with Gasteiger partial charge in [-0.25, -0.2) is 0 Å². The van der Waals surface area contributed by atoms with Gasteiger partial charge in [-0.3, -0.25) is 4.79 Å². The standard InChI is InChI=1S/C18H18ClNO3/c1-22-16-9-5-13(11-17(16)23-2)6-10-18(21)20-12-14-3-7-15(19)8-4-14/h3-11H,12H2,1-2H3,(H,20,21). The van der Waals surface area contributed by atoms with Crippen molar-refractivity contribution in [1.82, 2.24) is 5.32 Å². The molecule has 120 valence electrons. The van der Waals surface area contributed by atoms with Gasteiger partial charge in [0.05, 0.1) is 14.2 Å². The van der Waals surface area contributed by atoms with E-state index < -0.39 is 0 Å². The SMILES string of the molecule is COc1ccc(C=CC(=O)NCc2ccc(Cl)cc2)cc1OC. The summed E-state index contributed by atoms with van der Waals surface area (Å²) in [4.78, 5) is 11.9. The van der Waals surface area contributed by atoms with Gasteiger partial charge in [-0.15, -0.1) is 0 Å². The summed E-state index contributed by atoms with van der Waals surface area (Å²) in [6.07, 6.45) is 3.20. The van der Waals surface area contributed by atoms with Crippen molar-refractivity contribution >= 4 is 23.6 Å². The number of nitrogens with one attached hydrogen (secondary N) is 1. The molecule has 0 aromatic heterocycles. The predicted octanol–water partition coefficient (Wildman–Crippen LogP) is 3.69. The first-order valence-electron chi connectivity index (χ1n) is 7.05. The lowest BCUT2D eigenvalue weighted by atomic mass is 10.2. The predicted molar refractivity (Wildman–Crippen MR) is 91.9 cm³/mol. The molecule has 0 radical (unpaired) electrons. The average molecular weight is 332 g/mol. The lowest BCUT2D eigenvalue weighted by molar-refractivity contribution is -0.116. The van der Waals surface area contributed by atoms with Crippen LogP contribution < -0.4 is 14.8 Å². The minimum absolute atomic E-state index is 0.172. The molecule has 0 heterocycles. The van der Waals surface area contributed by atoms with E-state index in [1.165, 1.54) is 6.08 Å². The number of halogens is 1. The molecular formula is C18H18ClNO3. The maximum atomic E-state index is 11.9. The van der Waals surface area contributed by atoms with Crippen molar-refractivity contribution in [3.05, 3.63) is 64.7 Å². The third-order valence-electron chi connectivity index (χ3n) is 3.21. The number of carbonyl (C=O) groups is 1. The largest absolute Gasteiger partial charge is 0.493 e. The van der Waals surface area contributed by atoms with Crippen LogP contribution in [0.5, 0.6) is 11.5 Å². The molecule has 2 rings (SSSR count). The number of amides is 1. The molecule has 0 aliphatic heterocycles. The topological polar surface area (TPSA) is 47.6 Å².